The maximum absolute atomic E-state index is 12.1. The van der Waals surface area contributed by atoms with Crippen molar-refractivity contribution < 1.29 is 19.4 Å². The highest BCUT2D eigenvalue weighted by Gasteiger charge is 2.22. The highest BCUT2D eigenvalue weighted by Crippen LogP contribution is 2.33. The molecule has 18 heavy (non-hydrogen) atoms. The molecule has 0 aromatic heterocycles. The van der Waals surface area contributed by atoms with Gasteiger partial charge in [0.15, 0.2) is 17.3 Å². The van der Waals surface area contributed by atoms with E-state index in [1.165, 1.54) is 0 Å². The molecule has 0 fully saturated rings. The number of benzene rings is 1. The Kier molecular flexibility index (Phi) is 3.84. The van der Waals surface area contributed by atoms with Crippen LogP contribution in [0.1, 0.15) is 15.9 Å². The van der Waals surface area contributed by atoms with E-state index in [4.69, 9.17) is 9.47 Å². The molecular weight excluding hydrogens is 234 g/mol. The van der Waals surface area contributed by atoms with Crippen molar-refractivity contribution in [3.05, 3.63) is 23.3 Å². The topological polar surface area (TPSA) is 67.8 Å². The second kappa shape index (κ2) is 5.37. The Morgan fingerprint density at radius 1 is 1.39 bits per heavy atom. The van der Waals surface area contributed by atoms with Gasteiger partial charge in [0.2, 0.25) is 0 Å². The van der Waals surface area contributed by atoms with Gasteiger partial charge < -0.3 is 19.9 Å². The lowest BCUT2D eigenvalue weighted by Crippen LogP contribution is -2.31. The lowest BCUT2D eigenvalue weighted by atomic mass is 10.00. The van der Waals surface area contributed by atoms with Gasteiger partial charge in [0, 0.05) is 12.1 Å². The largest absolute Gasteiger partial charge is 0.486 e. The van der Waals surface area contributed by atoms with Gasteiger partial charge >= 0.3 is 0 Å². The molecule has 0 saturated carbocycles. The van der Waals surface area contributed by atoms with Crippen molar-refractivity contribution in [1.29, 1.82) is 0 Å². The molecule has 1 aliphatic heterocycles. The Morgan fingerprint density at radius 3 is 2.61 bits per heavy atom. The van der Waals surface area contributed by atoms with Crippen LogP contribution < -0.4 is 14.8 Å². The molecule has 0 amide bonds. The third kappa shape index (κ3) is 2.47. The van der Waals surface area contributed by atoms with E-state index in [1.807, 2.05) is 6.92 Å². The molecular formula is C13H17NO4. The maximum atomic E-state index is 12.1. The monoisotopic (exact) mass is 251 g/mol. The predicted molar refractivity (Wildman–Crippen MR) is 66.4 cm³/mol. The number of ether oxygens (including phenoxy) is 2. The van der Waals surface area contributed by atoms with Gasteiger partial charge in [0.05, 0.1) is 0 Å². The van der Waals surface area contributed by atoms with Gasteiger partial charge in [-0.25, -0.2) is 0 Å². The quantitative estimate of drug-likeness (QED) is 0.764. The molecule has 0 aliphatic carbocycles. The van der Waals surface area contributed by atoms with Crippen molar-refractivity contribution in [1.82, 2.24) is 5.32 Å². The van der Waals surface area contributed by atoms with E-state index in [2.05, 4.69) is 5.32 Å². The lowest BCUT2D eigenvalue weighted by molar-refractivity contribution is 0.0748. The number of hydrogen-bond donors (Lipinski definition) is 2. The van der Waals surface area contributed by atoms with Gasteiger partial charge in [0.1, 0.15) is 19.3 Å². The first-order valence-electron chi connectivity index (χ1n) is 5.90. The van der Waals surface area contributed by atoms with Crippen molar-refractivity contribution in [3.8, 4) is 11.5 Å². The third-order valence-electron chi connectivity index (χ3n) is 2.85. The van der Waals surface area contributed by atoms with E-state index in [9.17, 15) is 9.90 Å². The summed E-state index contributed by atoms with van der Waals surface area (Å²) < 4.78 is 10.9. The van der Waals surface area contributed by atoms with Gasteiger partial charge in [-0.3, -0.25) is 4.79 Å². The number of aryl methyl sites for hydroxylation is 1. The molecule has 1 aromatic carbocycles. The van der Waals surface area contributed by atoms with Gasteiger partial charge in [0.25, 0.3) is 0 Å². The zero-order chi connectivity index (χ0) is 13.1. The lowest BCUT2D eigenvalue weighted by Gasteiger charge is -2.20. The Morgan fingerprint density at radius 2 is 2.00 bits per heavy atom. The summed E-state index contributed by atoms with van der Waals surface area (Å²) in [5.74, 6) is 0.907. The second-order valence-electron chi connectivity index (χ2n) is 4.25. The summed E-state index contributed by atoms with van der Waals surface area (Å²) in [6.07, 6.45) is -1.05. The Hall–Kier alpha value is -1.59. The Labute approximate surface area is 106 Å². The molecule has 0 spiro atoms. The van der Waals surface area contributed by atoms with Crippen LogP contribution in [0.3, 0.4) is 0 Å². The Balaban J connectivity index is 2.30. The molecule has 0 bridgehead atoms. The fourth-order valence-corrected chi connectivity index (χ4v) is 1.92. The molecule has 0 radical (unpaired) electrons. The number of nitrogens with one attached hydrogen (secondary N) is 1. The van der Waals surface area contributed by atoms with Crippen molar-refractivity contribution in [2.45, 2.75) is 13.0 Å². The van der Waals surface area contributed by atoms with E-state index in [1.54, 1.807) is 19.2 Å². The number of carbonyl (C=O) groups is 1. The smallest absolute Gasteiger partial charge is 0.192 e. The van der Waals surface area contributed by atoms with E-state index >= 15 is 0 Å². The first-order chi connectivity index (χ1) is 8.63. The highest BCUT2D eigenvalue weighted by molar-refractivity contribution is 6.01. The molecule has 5 heteroatoms. The number of rotatable bonds is 4. The van der Waals surface area contributed by atoms with Crippen LogP contribution in [0.5, 0.6) is 11.5 Å². The van der Waals surface area contributed by atoms with Gasteiger partial charge in [-0.05, 0) is 31.7 Å². The number of hydrogen-bond acceptors (Lipinski definition) is 5. The summed E-state index contributed by atoms with van der Waals surface area (Å²) in [6.45, 7) is 3.04. The van der Waals surface area contributed by atoms with Gasteiger partial charge in [-0.2, -0.15) is 0 Å². The SMILES string of the molecule is CNCC(O)C(=O)c1cc2c(cc1C)OCCO2. The van der Waals surface area contributed by atoms with Crippen molar-refractivity contribution >= 4 is 5.78 Å². The minimum atomic E-state index is -1.05. The van der Waals surface area contributed by atoms with Crippen molar-refractivity contribution in [3.63, 3.8) is 0 Å². The molecule has 2 rings (SSSR count). The first-order valence-corrected chi connectivity index (χ1v) is 5.90. The van der Waals surface area contributed by atoms with Crippen LogP contribution in [0.25, 0.3) is 0 Å². The van der Waals surface area contributed by atoms with Crippen LogP contribution in [0.2, 0.25) is 0 Å². The van der Waals surface area contributed by atoms with Crippen LogP contribution in [0.4, 0.5) is 0 Å². The summed E-state index contributed by atoms with van der Waals surface area (Å²) >= 11 is 0. The average molecular weight is 251 g/mol. The van der Waals surface area contributed by atoms with Crippen molar-refractivity contribution in [2.75, 3.05) is 26.8 Å². The van der Waals surface area contributed by atoms with Crippen LogP contribution in [-0.2, 0) is 0 Å². The van der Waals surface area contributed by atoms with E-state index < -0.39 is 6.10 Å². The van der Waals surface area contributed by atoms with E-state index in [0.717, 1.165) is 5.56 Å². The summed E-state index contributed by atoms with van der Waals surface area (Å²) in [5, 5.41) is 12.5. The van der Waals surface area contributed by atoms with Gasteiger partial charge in [-0.15, -0.1) is 0 Å². The molecule has 1 aromatic rings. The molecule has 98 valence electrons. The van der Waals surface area contributed by atoms with Crippen LogP contribution in [0, 0.1) is 6.92 Å². The standard InChI is InChI=1S/C13H17NO4/c1-8-5-11-12(18-4-3-17-11)6-9(8)13(16)10(15)7-14-2/h5-6,10,14-15H,3-4,7H2,1-2H3. The molecule has 2 N–H and O–H groups in total. The summed E-state index contributed by atoms with van der Waals surface area (Å²) in [5.41, 5.74) is 1.25. The fourth-order valence-electron chi connectivity index (χ4n) is 1.92. The number of fused-ring (bicyclic) bond motifs is 1. The highest BCUT2D eigenvalue weighted by atomic mass is 16.6. The number of Topliss-reactive ketones (excluding diaryl/α,β-unsaturated/α-hetero) is 1. The number of ketones is 1. The molecule has 1 atom stereocenters. The second-order valence-corrected chi connectivity index (χ2v) is 4.25. The van der Waals surface area contributed by atoms with Gasteiger partial charge in [-0.1, -0.05) is 0 Å². The zero-order valence-corrected chi connectivity index (χ0v) is 10.5. The van der Waals surface area contributed by atoms with E-state index in [-0.39, 0.29) is 12.3 Å². The number of likely N-dealkylation sites (N-methyl/N-ethyl adjacent to an activating group) is 1. The van der Waals surface area contributed by atoms with E-state index in [0.29, 0.717) is 30.3 Å². The summed E-state index contributed by atoms with van der Waals surface area (Å²) in [4.78, 5) is 12.1. The van der Waals surface area contributed by atoms with Crippen LogP contribution >= 0.6 is 0 Å². The van der Waals surface area contributed by atoms with Crippen molar-refractivity contribution in [2.24, 2.45) is 0 Å². The molecule has 0 saturated heterocycles. The number of aliphatic hydroxyl groups is 1. The number of carbonyl (C=O) groups excluding carboxylic acids is 1. The Bertz CT molecular complexity index is 459. The fraction of sp³-hybridized carbons (Fsp3) is 0.462. The predicted octanol–water partition coefficient (Wildman–Crippen LogP) is 0.529. The minimum absolute atomic E-state index is 0.229. The zero-order valence-electron chi connectivity index (χ0n) is 10.5. The molecule has 1 heterocycles. The molecule has 1 aliphatic rings. The average Bonchev–Trinajstić information content (AvgIpc) is 2.37. The minimum Gasteiger partial charge on any atom is -0.486 e. The summed E-state index contributed by atoms with van der Waals surface area (Å²) in [6, 6.07) is 3.42. The molecule has 1 unspecified atom stereocenters. The first kappa shape index (κ1) is 12.9. The molecule has 5 nitrogen and oxygen atoms in total. The normalized spacial score (nSPS) is 15.3. The van der Waals surface area contributed by atoms with Crippen LogP contribution in [0.15, 0.2) is 12.1 Å². The maximum Gasteiger partial charge on any atom is 0.192 e. The third-order valence-corrected chi connectivity index (χ3v) is 2.85. The summed E-state index contributed by atoms with van der Waals surface area (Å²) in [7, 11) is 1.69. The number of aliphatic hydroxyl groups excluding tert-OH is 1. The van der Waals surface area contributed by atoms with Crippen LogP contribution in [-0.4, -0.2) is 43.8 Å².